The maximum Gasteiger partial charge on any atom is 0.0471 e. The van der Waals surface area contributed by atoms with Gasteiger partial charge in [-0.15, -0.1) is 0 Å². The van der Waals surface area contributed by atoms with Crippen molar-refractivity contribution in [3.8, 4) is 0 Å². The van der Waals surface area contributed by atoms with Crippen LogP contribution >= 0.6 is 0 Å². The third kappa shape index (κ3) is 6.32. The van der Waals surface area contributed by atoms with E-state index in [1.165, 1.54) is 12.8 Å². The van der Waals surface area contributed by atoms with Crippen LogP contribution in [0.2, 0.25) is 0 Å². The van der Waals surface area contributed by atoms with Crippen molar-refractivity contribution < 1.29 is 5.11 Å². The Bertz CT molecular complexity index is 72.0. The minimum atomic E-state index is 0.315. The molecule has 1 unspecified atom stereocenters. The van der Waals surface area contributed by atoms with Crippen LogP contribution in [0.15, 0.2) is 0 Å². The third-order valence-corrected chi connectivity index (χ3v) is 1.98. The maximum atomic E-state index is 8.84. The van der Waals surface area contributed by atoms with E-state index in [1.54, 1.807) is 0 Å². The van der Waals surface area contributed by atoms with Crippen molar-refractivity contribution in [1.29, 1.82) is 0 Å². The van der Waals surface area contributed by atoms with Gasteiger partial charge in [0.2, 0.25) is 0 Å². The number of unbranched alkanes of at least 4 members (excludes halogenated alkanes) is 1. The summed E-state index contributed by atoms with van der Waals surface area (Å²) in [6.07, 6.45) is 3.54. The minimum Gasteiger partial charge on any atom is -0.396 e. The minimum absolute atomic E-state index is 0.315. The summed E-state index contributed by atoms with van der Waals surface area (Å²) in [7, 11) is 0. The van der Waals surface area contributed by atoms with Gasteiger partial charge in [-0.2, -0.15) is 0 Å². The zero-order chi connectivity index (χ0) is 8.53. The monoisotopic (exact) mass is 159 g/mol. The number of hydrogen-bond acceptors (Lipinski definition) is 2. The van der Waals surface area contributed by atoms with Crippen molar-refractivity contribution in [3.63, 3.8) is 0 Å². The average molecular weight is 159 g/mol. The number of nitrogens with one attached hydrogen (secondary N) is 1. The molecule has 0 aliphatic carbocycles. The summed E-state index contributed by atoms with van der Waals surface area (Å²) in [5.74, 6) is 0.451. The summed E-state index contributed by atoms with van der Waals surface area (Å²) in [5.41, 5.74) is 0. The summed E-state index contributed by atoms with van der Waals surface area (Å²) in [6.45, 7) is 6.67. The Hall–Kier alpha value is -0.0800. The van der Waals surface area contributed by atoms with Crippen LogP contribution < -0.4 is 5.32 Å². The molecule has 0 aliphatic rings. The van der Waals surface area contributed by atoms with Gasteiger partial charge < -0.3 is 10.4 Å². The first kappa shape index (κ1) is 10.9. The van der Waals surface area contributed by atoms with E-state index in [1.807, 2.05) is 0 Å². The molecule has 0 fully saturated rings. The first-order valence-corrected chi connectivity index (χ1v) is 4.66. The SMILES string of the molecule is CCCCNCC(CC)CO. The van der Waals surface area contributed by atoms with E-state index in [0.717, 1.165) is 19.5 Å². The van der Waals surface area contributed by atoms with Crippen LogP contribution in [0.3, 0.4) is 0 Å². The van der Waals surface area contributed by atoms with E-state index in [4.69, 9.17) is 5.11 Å². The quantitative estimate of drug-likeness (QED) is 0.550. The van der Waals surface area contributed by atoms with Gasteiger partial charge in [-0.3, -0.25) is 0 Å². The Morgan fingerprint density at radius 2 is 2.09 bits per heavy atom. The Balaban J connectivity index is 3.07. The van der Waals surface area contributed by atoms with E-state index in [2.05, 4.69) is 19.2 Å². The number of hydrogen-bond donors (Lipinski definition) is 2. The molecule has 0 aliphatic heterocycles. The summed E-state index contributed by atoms with van der Waals surface area (Å²) < 4.78 is 0. The van der Waals surface area contributed by atoms with Crippen molar-refractivity contribution in [1.82, 2.24) is 5.32 Å². The van der Waals surface area contributed by atoms with E-state index in [0.29, 0.717) is 12.5 Å². The van der Waals surface area contributed by atoms with Crippen molar-refractivity contribution in [2.45, 2.75) is 33.1 Å². The molecule has 0 spiro atoms. The van der Waals surface area contributed by atoms with Crippen molar-refractivity contribution in [3.05, 3.63) is 0 Å². The van der Waals surface area contributed by atoms with Crippen LogP contribution in [0.25, 0.3) is 0 Å². The van der Waals surface area contributed by atoms with Gasteiger partial charge in [-0.25, -0.2) is 0 Å². The molecule has 0 amide bonds. The van der Waals surface area contributed by atoms with Gasteiger partial charge in [0.15, 0.2) is 0 Å². The summed E-state index contributed by atoms with van der Waals surface area (Å²) >= 11 is 0. The molecular weight excluding hydrogens is 138 g/mol. The van der Waals surface area contributed by atoms with Gasteiger partial charge in [0.1, 0.15) is 0 Å². The van der Waals surface area contributed by atoms with Crippen LogP contribution in [0, 0.1) is 5.92 Å². The zero-order valence-corrected chi connectivity index (χ0v) is 7.77. The Labute approximate surface area is 70.0 Å². The van der Waals surface area contributed by atoms with Crippen molar-refractivity contribution in [2.24, 2.45) is 5.92 Å². The molecule has 0 saturated heterocycles. The first-order valence-electron chi connectivity index (χ1n) is 4.66. The molecule has 2 heteroatoms. The molecule has 1 atom stereocenters. The Morgan fingerprint density at radius 1 is 1.36 bits per heavy atom. The standard InChI is InChI=1S/C9H21NO/c1-3-5-6-10-7-9(4-2)8-11/h9-11H,3-8H2,1-2H3. The average Bonchev–Trinajstić information content (AvgIpc) is 2.05. The Morgan fingerprint density at radius 3 is 2.55 bits per heavy atom. The molecule has 2 N–H and O–H groups in total. The highest BCUT2D eigenvalue weighted by Crippen LogP contribution is 1.98. The van der Waals surface area contributed by atoms with Gasteiger partial charge in [-0.05, 0) is 25.3 Å². The predicted molar refractivity (Wildman–Crippen MR) is 48.6 cm³/mol. The van der Waals surface area contributed by atoms with Crippen LogP contribution in [0.5, 0.6) is 0 Å². The van der Waals surface area contributed by atoms with E-state index in [9.17, 15) is 0 Å². The molecular formula is C9H21NO. The Kier molecular flexibility index (Phi) is 7.96. The van der Waals surface area contributed by atoms with E-state index >= 15 is 0 Å². The van der Waals surface area contributed by atoms with E-state index < -0.39 is 0 Å². The third-order valence-electron chi connectivity index (χ3n) is 1.98. The summed E-state index contributed by atoms with van der Waals surface area (Å²) in [6, 6.07) is 0. The molecule has 11 heavy (non-hydrogen) atoms. The fraction of sp³-hybridized carbons (Fsp3) is 1.00. The highest BCUT2D eigenvalue weighted by molar-refractivity contribution is 4.58. The fourth-order valence-corrected chi connectivity index (χ4v) is 0.946. The first-order chi connectivity index (χ1) is 5.35. The van der Waals surface area contributed by atoms with Crippen molar-refractivity contribution >= 4 is 0 Å². The second-order valence-corrected chi connectivity index (χ2v) is 3.01. The van der Waals surface area contributed by atoms with Crippen LogP contribution in [0.4, 0.5) is 0 Å². The largest absolute Gasteiger partial charge is 0.396 e. The molecule has 0 aromatic carbocycles. The molecule has 0 aromatic heterocycles. The van der Waals surface area contributed by atoms with Crippen molar-refractivity contribution in [2.75, 3.05) is 19.7 Å². The zero-order valence-electron chi connectivity index (χ0n) is 7.77. The second-order valence-electron chi connectivity index (χ2n) is 3.01. The lowest BCUT2D eigenvalue weighted by Gasteiger charge is -2.11. The van der Waals surface area contributed by atoms with Crippen LogP contribution in [-0.2, 0) is 0 Å². The number of aliphatic hydroxyl groups excluding tert-OH is 1. The molecule has 0 rings (SSSR count). The topological polar surface area (TPSA) is 32.3 Å². The van der Waals surface area contributed by atoms with Gasteiger partial charge in [0.05, 0.1) is 0 Å². The lowest BCUT2D eigenvalue weighted by Crippen LogP contribution is -2.25. The van der Waals surface area contributed by atoms with Gasteiger partial charge >= 0.3 is 0 Å². The van der Waals surface area contributed by atoms with Crippen LogP contribution in [0.1, 0.15) is 33.1 Å². The molecule has 2 nitrogen and oxygen atoms in total. The summed E-state index contributed by atoms with van der Waals surface area (Å²) in [5, 5.41) is 12.2. The lowest BCUT2D eigenvalue weighted by atomic mass is 10.1. The summed E-state index contributed by atoms with van der Waals surface area (Å²) in [4.78, 5) is 0. The second kappa shape index (κ2) is 8.02. The molecule has 0 saturated carbocycles. The molecule has 68 valence electrons. The molecule has 0 heterocycles. The molecule has 0 bridgehead atoms. The normalized spacial score (nSPS) is 13.4. The molecule has 0 aromatic rings. The highest BCUT2D eigenvalue weighted by Gasteiger charge is 2.01. The highest BCUT2D eigenvalue weighted by atomic mass is 16.3. The van der Waals surface area contributed by atoms with Crippen LogP contribution in [-0.4, -0.2) is 24.8 Å². The molecule has 0 radical (unpaired) electrons. The smallest absolute Gasteiger partial charge is 0.0471 e. The lowest BCUT2D eigenvalue weighted by molar-refractivity contribution is 0.219. The number of rotatable bonds is 7. The van der Waals surface area contributed by atoms with Gasteiger partial charge in [0, 0.05) is 13.2 Å². The predicted octanol–water partition coefficient (Wildman–Crippen LogP) is 1.39. The fourth-order valence-electron chi connectivity index (χ4n) is 0.946. The number of aliphatic hydroxyl groups is 1. The van der Waals surface area contributed by atoms with Gasteiger partial charge in [-0.1, -0.05) is 20.3 Å². The van der Waals surface area contributed by atoms with Gasteiger partial charge in [0.25, 0.3) is 0 Å². The maximum absolute atomic E-state index is 8.84. The van der Waals surface area contributed by atoms with E-state index in [-0.39, 0.29) is 0 Å².